The summed E-state index contributed by atoms with van der Waals surface area (Å²) in [6, 6.07) is 4.91. The number of carbonyl (C=O) groups is 2. The first-order valence-electron chi connectivity index (χ1n) is 8.11. The fourth-order valence-corrected chi connectivity index (χ4v) is 3.11. The third-order valence-corrected chi connectivity index (χ3v) is 4.37. The molecule has 24 heavy (non-hydrogen) atoms. The molecule has 2 aliphatic heterocycles. The van der Waals surface area contributed by atoms with Gasteiger partial charge in [0.15, 0.2) is 0 Å². The first-order chi connectivity index (χ1) is 11.5. The molecule has 0 aliphatic carbocycles. The third kappa shape index (κ3) is 3.67. The van der Waals surface area contributed by atoms with E-state index in [1.54, 1.807) is 12.1 Å². The van der Waals surface area contributed by atoms with E-state index in [1.807, 2.05) is 4.90 Å². The van der Waals surface area contributed by atoms with Crippen molar-refractivity contribution in [2.45, 2.75) is 25.4 Å². The number of nitrogens with zero attached hydrogens (tertiary/aromatic N) is 1. The molecular weight excluding hydrogens is 315 g/mol. The average Bonchev–Trinajstić information content (AvgIpc) is 2.94. The molecule has 3 rings (SSSR count). The standard InChI is InChI=1S/C17H21FN2O4/c1-11(21)19-10-13-9-14(17(22)24-13)12-2-3-16(15(18)8-12)20-4-6-23-7-5-20/h2-3,8,13-14H,4-7,9-10H2,1H3,(H,19,21)/t13?,14-/m1/s1. The van der Waals surface area contributed by atoms with Gasteiger partial charge in [-0.2, -0.15) is 0 Å². The Morgan fingerprint density at radius 1 is 1.38 bits per heavy atom. The smallest absolute Gasteiger partial charge is 0.313 e. The molecule has 0 saturated carbocycles. The maximum absolute atomic E-state index is 14.5. The number of morpholine rings is 1. The molecule has 7 heteroatoms. The second-order valence-corrected chi connectivity index (χ2v) is 6.09. The Morgan fingerprint density at radius 3 is 2.79 bits per heavy atom. The number of carbonyl (C=O) groups excluding carboxylic acids is 2. The zero-order valence-corrected chi connectivity index (χ0v) is 13.6. The minimum absolute atomic E-state index is 0.171. The summed E-state index contributed by atoms with van der Waals surface area (Å²) >= 11 is 0. The van der Waals surface area contributed by atoms with Crippen LogP contribution in [0.25, 0.3) is 0 Å². The summed E-state index contributed by atoms with van der Waals surface area (Å²) in [5, 5.41) is 2.63. The number of halogens is 1. The first kappa shape index (κ1) is 16.7. The van der Waals surface area contributed by atoms with Crippen LogP contribution in [0.1, 0.15) is 24.8 Å². The number of amides is 1. The van der Waals surface area contributed by atoms with Gasteiger partial charge < -0.3 is 19.7 Å². The molecule has 2 aliphatic rings. The normalized spacial score (nSPS) is 23.9. The molecule has 6 nitrogen and oxygen atoms in total. The summed E-state index contributed by atoms with van der Waals surface area (Å²) in [5.74, 6) is -1.37. The highest BCUT2D eigenvalue weighted by Crippen LogP contribution is 2.33. The van der Waals surface area contributed by atoms with Crippen LogP contribution in [0.15, 0.2) is 18.2 Å². The Morgan fingerprint density at radius 2 is 2.12 bits per heavy atom. The second kappa shape index (κ2) is 7.17. The van der Waals surface area contributed by atoms with Crippen LogP contribution in [0.5, 0.6) is 0 Å². The van der Waals surface area contributed by atoms with E-state index in [0.717, 1.165) is 0 Å². The third-order valence-electron chi connectivity index (χ3n) is 4.37. The van der Waals surface area contributed by atoms with Crippen LogP contribution in [0.2, 0.25) is 0 Å². The molecule has 1 aromatic carbocycles. The Labute approximate surface area is 139 Å². The molecular formula is C17H21FN2O4. The van der Waals surface area contributed by atoms with E-state index in [0.29, 0.717) is 44.0 Å². The predicted molar refractivity (Wildman–Crippen MR) is 85.4 cm³/mol. The summed E-state index contributed by atoms with van der Waals surface area (Å²) < 4.78 is 25.0. The van der Waals surface area contributed by atoms with Crippen molar-refractivity contribution in [1.82, 2.24) is 5.32 Å². The number of benzene rings is 1. The lowest BCUT2D eigenvalue weighted by molar-refractivity contribution is -0.142. The van der Waals surface area contributed by atoms with Crippen molar-refractivity contribution >= 4 is 17.6 Å². The van der Waals surface area contributed by atoms with Crippen LogP contribution >= 0.6 is 0 Å². The summed E-state index contributed by atoms with van der Waals surface area (Å²) in [7, 11) is 0. The van der Waals surface area contributed by atoms with E-state index in [9.17, 15) is 14.0 Å². The number of anilines is 1. The highest BCUT2D eigenvalue weighted by atomic mass is 19.1. The van der Waals surface area contributed by atoms with Crippen molar-refractivity contribution in [3.63, 3.8) is 0 Å². The summed E-state index contributed by atoms with van der Waals surface area (Å²) in [5.41, 5.74) is 1.14. The van der Waals surface area contributed by atoms with Crippen molar-refractivity contribution in [3.05, 3.63) is 29.6 Å². The zero-order chi connectivity index (χ0) is 17.1. The van der Waals surface area contributed by atoms with Crippen molar-refractivity contribution in [2.75, 3.05) is 37.7 Å². The predicted octanol–water partition coefficient (Wildman–Crippen LogP) is 1.20. The van der Waals surface area contributed by atoms with Gasteiger partial charge in [-0.15, -0.1) is 0 Å². The lowest BCUT2D eigenvalue weighted by atomic mass is 9.95. The monoisotopic (exact) mass is 336 g/mol. The molecule has 2 atom stereocenters. The molecule has 1 unspecified atom stereocenters. The molecule has 1 amide bonds. The molecule has 1 N–H and O–H groups in total. The van der Waals surface area contributed by atoms with Gasteiger partial charge >= 0.3 is 5.97 Å². The van der Waals surface area contributed by atoms with Crippen molar-refractivity contribution in [1.29, 1.82) is 0 Å². The van der Waals surface area contributed by atoms with E-state index in [1.165, 1.54) is 13.0 Å². The Kier molecular flexibility index (Phi) is 4.99. The molecule has 0 radical (unpaired) electrons. The van der Waals surface area contributed by atoms with Gasteiger partial charge in [0.25, 0.3) is 0 Å². The Hall–Kier alpha value is -2.15. The topological polar surface area (TPSA) is 67.9 Å². The minimum Gasteiger partial charge on any atom is -0.460 e. The summed E-state index contributed by atoms with van der Waals surface area (Å²) in [6.45, 7) is 4.17. The molecule has 2 fully saturated rings. The van der Waals surface area contributed by atoms with Crippen LogP contribution in [-0.2, 0) is 19.1 Å². The number of esters is 1. The number of nitrogens with one attached hydrogen (secondary N) is 1. The van der Waals surface area contributed by atoms with E-state index < -0.39 is 5.92 Å². The summed E-state index contributed by atoms with van der Waals surface area (Å²) in [6.07, 6.45) is 0.0727. The Bertz CT molecular complexity index is 631. The van der Waals surface area contributed by atoms with E-state index >= 15 is 0 Å². The van der Waals surface area contributed by atoms with Gasteiger partial charge in [-0.25, -0.2) is 4.39 Å². The molecule has 0 aromatic heterocycles. The SMILES string of the molecule is CC(=O)NCC1C[C@H](c2ccc(N3CCOCC3)c(F)c2)C(=O)O1. The molecule has 0 bridgehead atoms. The van der Waals surface area contributed by atoms with Gasteiger partial charge in [-0.05, 0) is 17.7 Å². The van der Waals surface area contributed by atoms with Crippen molar-refractivity contribution in [3.8, 4) is 0 Å². The quantitative estimate of drug-likeness (QED) is 0.837. The van der Waals surface area contributed by atoms with Crippen molar-refractivity contribution < 1.29 is 23.5 Å². The highest BCUT2D eigenvalue weighted by molar-refractivity contribution is 5.80. The maximum atomic E-state index is 14.5. The number of rotatable bonds is 4. The maximum Gasteiger partial charge on any atom is 0.313 e. The largest absolute Gasteiger partial charge is 0.460 e. The summed E-state index contributed by atoms with van der Waals surface area (Å²) in [4.78, 5) is 24.9. The molecule has 130 valence electrons. The fourth-order valence-electron chi connectivity index (χ4n) is 3.11. The van der Waals surface area contributed by atoms with Gasteiger partial charge in [-0.1, -0.05) is 6.07 Å². The number of hydrogen-bond donors (Lipinski definition) is 1. The second-order valence-electron chi connectivity index (χ2n) is 6.09. The number of ether oxygens (including phenoxy) is 2. The van der Waals surface area contributed by atoms with Gasteiger partial charge in [-0.3, -0.25) is 9.59 Å². The van der Waals surface area contributed by atoms with Crippen LogP contribution in [-0.4, -0.2) is 50.8 Å². The van der Waals surface area contributed by atoms with Gasteiger partial charge in [0.05, 0.1) is 31.4 Å². The molecule has 1 aromatic rings. The zero-order valence-electron chi connectivity index (χ0n) is 13.6. The van der Waals surface area contributed by atoms with E-state index in [2.05, 4.69) is 5.32 Å². The van der Waals surface area contributed by atoms with Crippen LogP contribution in [0, 0.1) is 5.82 Å². The van der Waals surface area contributed by atoms with Crippen molar-refractivity contribution in [2.24, 2.45) is 0 Å². The lowest BCUT2D eigenvalue weighted by Gasteiger charge is -2.29. The Balaban J connectivity index is 1.69. The van der Waals surface area contributed by atoms with E-state index in [4.69, 9.17) is 9.47 Å². The van der Waals surface area contributed by atoms with Crippen LogP contribution < -0.4 is 10.2 Å². The molecule has 0 spiro atoms. The average molecular weight is 336 g/mol. The van der Waals surface area contributed by atoms with Gasteiger partial charge in [0.1, 0.15) is 11.9 Å². The molecule has 2 saturated heterocycles. The van der Waals surface area contributed by atoms with Crippen LogP contribution in [0.3, 0.4) is 0 Å². The van der Waals surface area contributed by atoms with Gasteiger partial charge in [0.2, 0.25) is 5.91 Å². The first-order valence-corrected chi connectivity index (χ1v) is 8.11. The van der Waals surface area contributed by atoms with E-state index in [-0.39, 0.29) is 30.3 Å². The van der Waals surface area contributed by atoms with Gasteiger partial charge in [0, 0.05) is 26.4 Å². The molecule has 2 heterocycles. The van der Waals surface area contributed by atoms with Crippen LogP contribution in [0.4, 0.5) is 10.1 Å². The minimum atomic E-state index is -0.489. The highest BCUT2D eigenvalue weighted by Gasteiger charge is 2.36. The fraction of sp³-hybridized carbons (Fsp3) is 0.529. The number of hydrogen-bond acceptors (Lipinski definition) is 5. The lowest BCUT2D eigenvalue weighted by Crippen LogP contribution is -2.36. The number of cyclic esters (lactones) is 1.